The molecule has 0 spiro atoms. The lowest BCUT2D eigenvalue weighted by atomic mass is 10.2. The second kappa shape index (κ2) is 8.70. The van der Waals surface area contributed by atoms with E-state index in [1.807, 2.05) is 32.0 Å². The second-order valence-corrected chi connectivity index (χ2v) is 8.19. The van der Waals surface area contributed by atoms with E-state index < -0.39 is 5.97 Å². The largest absolute Gasteiger partial charge is 0.491 e. The van der Waals surface area contributed by atoms with Gasteiger partial charge in [-0.05, 0) is 56.3 Å². The van der Waals surface area contributed by atoms with Crippen molar-refractivity contribution >= 4 is 49.4 Å². The molecule has 0 N–H and O–H groups in total. The molecule has 8 heteroatoms. The van der Waals surface area contributed by atoms with E-state index in [1.165, 1.54) is 18.4 Å². The summed E-state index contributed by atoms with van der Waals surface area (Å²) in [5, 5.41) is 0. The van der Waals surface area contributed by atoms with E-state index in [2.05, 4.69) is 20.9 Å². The average molecular weight is 463 g/mol. The van der Waals surface area contributed by atoms with Gasteiger partial charge in [-0.1, -0.05) is 27.3 Å². The highest BCUT2D eigenvalue weighted by molar-refractivity contribution is 9.10. The molecule has 0 unspecified atom stereocenters. The first kappa shape index (κ1) is 20.3. The number of hydrogen-bond donors (Lipinski definition) is 0. The second-order valence-electron chi connectivity index (χ2n) is 6.27. The molecule has 0 aliphatic heterocycles. The van der Waals surface area contributed by atoms with Crippen LogP contribution in [0.3, 0.4) is 0 Å². The van der Waals surface area contributed by atoms with Gasteiger partial charge in [-0.25, -0.2) is 0 Å². The SMILES string of the molecule is COC(=O)Cn1c(=NC(=O)c2ccc(OC(C)C)cc2)sc2cc(Br)ccc21. The summed E-state index contributed by atoms with van der Waals surface area (Å²) in [4.78, 5) is 29.2. The molecule has 1 heterocycles. The number of carbonyl (C=O) groups is 2. The molecule has 3 rings (SSSR count). The maximum absolute atomic E-state index is 12.7. The van der Waals surface area contributed by atoms with Crippen molar-refractivity contribution in [3.05, 3.63) is 57.3 Å². The van der Waals surface area contributed by atoms with Crippen molar-refractivity contribution in [2.45, 2.75) is 26.5 Å². The third kappa shape index (κ3) is 4.69. The zero-order valence-corrected chi connectivity index (χ0v) is 18.0. The summed E-state index contributed by atoms with van der Waals surface area (Å²) >= 11 is 4.78. The van der Waals surface area contributed by atoms with Crippen molar-refractivity contribution in [3.63, 3.8) is 0 Å². The Hall–Kier alpha value is -2.45. The predicted molar refractivity (Wildman–Crippen MR) is 112 cm³/mol. The summed E-state index contributed by atoms with van der Waals surface area (Å²) in [6.45, 7) is 3.86. The lowest BCUT2D eigenvalue weighted by Crippen LogP contribution is -2.22. The van der Waals surface area contributed by atoms with E-state index in [0.29, 0.717) is 16.1 Å². The summed E-state index contributed by atoms with van der Waals surface area (Å²) < 4.78 is 13.9. The molecule has 1 aromatic heterocycles. The van der Waals surface area contributed by atoms with Gasteiger partial charge in [0.25, 0.3) is 5.91 Å². The van der Waals surface area contributed by atoms with Crippen molar-refractivity contribution in [2.24, 2.45) is 4.99 Å². The number of amides is 1. The van der Waals surface area contributed by atoms with Crippen molar-refractivity contribution in [1.29, 1.82) is 0 Å². The number of rotatable bonds is 5. The zero-order chi connectivity index (χ0) is 20.3. The van der Waals surface area contributed by atoms with Crippen LogP contribution in [0.5, 0.6) is 5.75 Å². The number of methoxy groups -OCH3 is 1. The fraction of sp³-hybridized carbons (Fsp3) is 0.250. The first-order valence-corrected chi connectivity index (χ1v) is 10.2. The van der Waals surface area contributed by atoms with Gasteiger partial charge >= 0.3 is 5.97 Å². The van der Waals surface area contributed by atoms with Crippen LogP contribution in [-0.4, -0.2) is 29.7 Å². The van der Waals surface area contributed by atoms with Gasteiger partial charge < -0.3 is 14.0 Å². The third-order valence-electron chi connectivity index (χ3n) is 3.83. The zero-order valence-electron chi connectivity index (χ0n) is 15.6. The van der Waals surface area contributed by atoms with Crippen molar-refractivity contribution in [2.75, 3.05) is 7.11 Å². The van der Waals surface area contributed by atoms with Crippen LogP contribution in [0.1, 0.15) is 24.2 Å². The van der Waals surface area contributed by atoms with Gasteiger partial charge in [0.2, 0.25) is 0 Å². The summed E-state index contributed by atoms with van der Waals surface area (Å²) in [5.74, 6) is -0.106. The van der Waals surface area contributed by atoms with Crippen LogP contribution in [-0.2, 0) is 16.1 Å². The molecule has 6 nitrogen and oxygen atoms in total. The highest BCUT2D eigenvalue weighted by atomic mass is 79.9. The van der Waals surface area contributed by atoms with E-state index in [4.69, 9.17) is 9.47 Å². The first-order valence-electron chi connectivity index (χ1n) is 8.59. The Balaban J connectivity index is 2.01. The highest BCUT2D eigenvalue weighted by Crippen LogP contribution is 2.22. The third-order valence-corrected chi connectivity index (χ3v) is 5.36. The molecular weight excluding hydrogens is 444 g/mol. The average Bonchev–Trinajstić information content (AvgIpc) is 2.97. The van der Waals surface area contributed by atoms with Gasteiger partial charge in [-0.15, -0.1) is 0 Å². The lowest BCUT2D eigenvalue weighted by molar-refractivity contribution is -0.141. The molecule has 3 aromatic rings. The normalized spacial score (nSPS) is 11.8. The number of esters is 1. The topological polar surface area (TPSA) is 69.9 Å². The Morgan fingerprint density at radius 1 is 1.18 bits per heavy atom. The number of nitrogens with zero attached hydrogens (tertiary/aromatic N) is 2. The maximum Gasteiger partial charge on any atom is 0.325 e. The molecule has 2 aromatic carbocycles. The van der Waals surface area contributed by atoms with E-state index in [9.17, 15) is 9.59 Å². The summed E-state index contributed by atoms with van der Waals surface area (Å²) in [5.41, 5.74) is 1.25. The fourth-order valence-corrected chi connectivity index (χ4v) is 4.16. The van der Waals surface area contributed by atoms with Crippen LogP contribution >= 0.6 is 27.3 Å². The van der Waals surface area contributed by atoms with Gasteiger partial charge in [0.05, 0.1) is 23.4 Å². The van der Waals surface area contributed by atoms with Crippen LogP contribution in [0.4, 0.5) is 0 Å². The van der Waals surface area contributed by atoms with Gasteiger partial charge in [0.15, 0.2) is 4.80 Å². The highest BCUT2D eigenvalue weighted by Gasteiger charge is 2.13. The van der Waals surface area contributed by atoms with Crippen molar-refractivity contribution in [1.82, 2.24) is 4.57 Å². The minimum Gasteiger partial charge on any atom is -0.491 e. The molecule has 0 atom stereocenters. The number of thiazole rings is 1. The first-order chi connectivity index (χ1) is 13.4. The van der Waals surface area contributed by atoms with Crippen LogP contribution in [0, 0.1) is 0 Å². The molecule has 1 amide bonds. The van der Waals surface area contributed by atoms with E-state index >= 15 is 0 Å². The summed E-state index contributed by atoms with van der Waals surface area (Å²) in [7, 11) is 1.33. The smallest absolute Gasteiger partial charge is 0.325 e. The number of fused-ring (bicyclic) bond motifs is 1. The van der Waals surface area contributed by atoms with E-state index in [1.54, 1.807) is 28.8 Å². The number of carbonyl (C=O) groups excluding carboxylic acids is 2. The molecule has 0 saturated heterocycles. The monoisotopic (exact) mass is 462 g/mol. The number of halogens is 1. The Morgan fingerprint density at radius 3 is 2.54 bits per heavy atom. The van der Waals surface area contributed by atoms with Gasteiger partial charge in [-0.3, -0.25) is 9.59 Å². The Morgan fingerprint density at radius 2 is 1.89 bits per heavy atom. The number of hydrogen-bond acceptors (Lipinski definition) is 5. The molecule has 0 aliphatic rings. The summed E-state index contributed by atoms with van der Waals surface area (Å²) in [6.07, 6.45) is 0.0568. The van der Waals surface area contributed by atoms with Crippen molar-refractivity contribution < 1.29 is 19.1 Å². The molecule has 0 fully saturated rings. The minimum atomic E-state index is -0.410. The lowest BCUT2D eigenvalue weighted by Gasteiger charge is -2.09. The summed E-state index contributed by atoms with van der Waals surface area (Å²) in [6, 6.07) is 12.5. The Kier molecular flexibility index (Phi) is 6.31. The number of benzene rings is 2. The predicted octanol–water partition coefficient (Wildman–Crippen LogP) is 4.17. The molecule has 28 heavy (non-hydrogen) atoms. The standard InChI is InChI=1S/C20H19BrN2O4S/c1-12(2)27-15-7-4-13(5-8-15)19(25)22-20-23(11-18(24)26-3)16-9-6-14(21)10-17(16)28-20/h4-10,12H,11H2,1-3H3. The van der Waals surface area contributed by atoms with Crippen molar-refractivity contribution in [3.8, 4) is 5.75 Å². The van der Waals surface area contributed by atoms with E-state index in [0.717, 1.165) is 14.7 Å². The molecule has 0 aliphatic carbocycles. The Bertz CT molecular complexity index is 1080. The fourth-order valence-electron chi connectivity index (χ4n) is 2.58. The molecule has 0 bridgehead atoms. The molecule has 0 saturated carbocycles. The van der Waals surface area contributed by atoms with Gasteiger partial charge in [0.1, 0.15) is 12.3 Å². The molecular formula is C20H19BrN2O4S. The minimum absolute atomic E-state index is 0.0224. The quantitative estimate of drug-likeness (QED) is 0.533. The number of aromatic nitrogens is 1. The number of ether oxygens (including phenoxy) is 2. The van der Waals surface area contributed by atoms with Gasteiger partial charge in [0, 0.05) is 10.0 Å². The van der Waals surface area contributed by atoms with Crippen LogP contribution < -0.4 is 9.54 Å². The molecule has 146 valence electrons. The van der Waals surface area contributed by atoms with Crippen LogP contribution in [0.15, 0.2) is 51.9 Å². The Labute approximate surface area is 174 Å². The van der Waals surface area contributed by atoms with E-state index in [-0.39, 0.29) is 18.6 Å². The van der Waals surface area contributed by atoms with Crippen LogP contribution in [0.25, 0.3) is 10.2 Å². The van der Waals surface area contributed by atoms with Gasteiger partial charge in [-0.2, -0.15) is 4.99 Å². The molecule has 0 radical (unpaired) electrons. The maximum atomic E-state index is 12.7. The van der Waals surface area contributed by atoms with Crippen LogP contribution in [0.2, 0.25) is 0 Å².